The van der Waals surface area contributed by atoms with Gasteiger partial charge in [0.1, 0.15) is 11.6 Å². The topological polar surface area (TPSA) is 83.6 Å². The van der Waals surface area contributed by atoms with E-state index in [-0.39, 0.29) is 12.0 Å². The van der Waals surface area contributed by atoms with Crippen molar-refractivity contribution < 1.29 is 23.5 Å². The quantitative estimate of drug-likeness (QED) is 0.736. The molecule has 0 saturated carbocycles. The molecule has 5 nitrogen and oxygen atoms in total. The number of imide groups is 1. The zero-order chi connectivity index (χ0) is 20.0. The Hall–Kier alpha value is -1.86. The molecule has 1 rings (SSSR count). The third kappa shape index (κ3) is 6.46. The predicted octanol–water partition coefficient (Wildman–Crippen LogP) is 2.40. The second-order valence-corrected chi connectivity index (χ2v) is 7.12. The van der Waals surface area contributed by atoms with Gasteiger partial charge in [0.25, 0.3) is 0 Å². The van der Waals surface area contributed by atoms with Gasteiger partial charge in [0, 0.05) is 6.07 Å². The van der Waals surface area contributed by atoms with Crippen LogP contribution in [0.2, 0.25) is 0 Å². The Labute approximate surface area is 153 Å². The highest BCUT2D eigenvalue weighted by atomic mass is 19.1. The van der Waals surface area contributed by atoms with Crippen molar-refractivity contribution in [3.8, 4) is 0 Å². The number of rotatable bonds is 8. The number of hydrogen-bond donors (Lipinski definition) is 2. The van der Waals surface area contributed by atoms with E-state index >= 15 is 0 Å². The van der Waals surface area contributed by atoms with Crippen LogP contribution in [-0.4, -0.2) is 40.0 Å². The maximum Gasteiger partial charge on any atom is 0.246 e. The number of hydrogen-bond acceptors (Lipinski definition) is 4. The van der Waals surface area contributed by atoms with E-state index in [2.05, 4.69) is 0 Å². The van der Waals surface area contributed by atoms with Crippen LogP contribution in [-0.2, 0) is 16.0 Å². The minimum Gasteiger partial charge on any atom is -0.391 e. The molecule has 3 N–H and O–H groups in total. The normalized spacial score (nSPS) is 14.8. The molecule has 0 spiro atoms. The van der Waals surface area contributed by atoms with Crippen molar-refractivity contribution in [1.82, 2.24) is 4.90 Å². The second kappa shape index (κ2) is 9.73. The molecule has 3 atom stereocenters. The number of halogens is 2. The van der Waals surface area contributed by atoms with Crippen molar-refractivity contribution >= 4 is 11.8 Å². The third-order valence-electron chi connectivity index (χ3n) is 4.18. The van der Waals surface area contributed by atoms with Crippen LogP contribution in [0.4, 0.5) is 8.78 Å². The highest BCUT2D eigenvalue weighted by molar-refractivity contribution is 5.98. The van der Waals surface area contributed by atoms with Gasteiger partial charge < -0.3 is 10.8 Å². The fraction of sp³-hybridized carbons (Fsp3) is 0.579. The zero-order valence-corrected chi connectivity index (χ0v) is 15.7. The molecule has 0 bridgehead atoms. The summed E-state index contributed by atoms with van der Waals surface area (Å²) in [6.07, 6.45) is -0.124. The molecule has 1 aromatic carbocycles. The minimum absolute atomic E-state index is 0.110. The van der Waals surface area contributed by atoms with Crippen molar-refractivity contribution in [2.75, 3.05) is 0 Å². The summed E-state index contributed by atoms with van der Waals surface area (Å²) in [6, 6.07) is 1.04. The van der Waals surface area contributed by atoms with Gasteiger partial charge in [0.2, 0.25) is 11.8 Å². The average Bonchev–Trinajstić information content (AvgIpc) is 2.51. The Kier molecular flexibility index (Phi) is 8.30. The molecule has 2 amide bonds. The zero-order valence-electron chi connectivity index (χ0n) is 15.7. The van der Waals surface area contributed by atoms with Crippen LogP contribution in [0.15, 0.2) is 18.2 Å². The number of carbonyl (C=O) groups is 2. The van der Waals surface area contributed by atoms with Crippen LogP contribution in [0, 0.1) is 17.6 Å². The monoisotopic (exact) mass is 370 g/mol. The largest absolute Gasteiger partial charge is 0.391 e. The lowest BCUT2D eigenvalue weighted by Gasteiger charge is -2.32. The lowest BCUT2D eigenvalue weighted by molar-refractivity contribution is -0.150. The van der Waals surface area contributed by atoms with Gasteiger partial charge in [-0.3, -0.25) is 14.5 Å². The molecule has 2 unspecified atom stereocenters. The maximum atomic E-state index is 13.3. The molecule has 0 aliphatic carbocycles. The molecule has 1 aromatic rings. The number of aliphatic hydroxyl groups excluding tert-OH is 1. The third-order valence-corrected chi connectivity index (χ3v) is 4.18. The number of aliphatic hydroxyl groups is 1. The van der Waals surface area contributed by atoms with E-state index in [1.165, 1.54) is 6.92 Å². The molecule has 0 aliphatic heterocycles. The van der Waals surface area contributed by atoms with E-state index in [1.807, 2.05) is 13.8 Å². The Balaban J connectivity index is 3.00. The molecule has 26 heavy (non-hydrogen) atoms. The van der Waals surface area contributed by atoms with Crippen molar-refractivity contribution in [2.45, 2.75) is 65.1 Å². The van der Waals surface area contributed by atoms with Crippen LogP contribution >= 0.6 is 0 Å². The average molecular weight is 370 g/mol. The van der Waals surface area contributed by atoms with Gasteiger partial charge in [-0.1, -0.05) is 13.8 Å². The van der Waals surface area contributed by atoms with Crippen LogP contribution in [0.1, 0.15) is 46.1 Å². The van der Waals surface area contributed by atoms with Crippen molar-refractivity contribution in [3.05, 3.63) is 35.4 Å². The van der Waals surface area contributed by atoms with Crippen LogP contribution < -0.4 is 5.73 Å². The van der Waals surface area contributed by atoms with Gasteiger partial charge in [-0.2, -0.15) is 0 Å². The van der Waals surface area contributed by atoms with E-state index in [4.69, 9.17) is 5.73 Å². The Morgan fingerprint density at radius 3 is 2.08 bits per heavy atom. The lowest BCUT2D eigenvalue weighted by atomic mass is 9.99. The first-order chi connectivity index (χ1) is 12.0. The Bertz CT molecular complexity index is 615. The van der Waals surface area contributed by atoms with E-state index in [0.29, 0.717) is 18.4 Å². The van der Waals surface area contributed by atoms with Gasteiger partial charge >= 0.3 is 0 Å². The SMILES string of the molecule is CC(C)CCC(O)C(C)N(C(=O)Cc1cc(F)cc(F)c1)C(=O)[C@H](C)N. The first-order valence-corrected chi connectivity index (χ1v) is 8.77. The number of nitrogens with zero attached hydrogens (tertiary/aromatic N) is 1. The molecule has 0 heterocycles. The molecule has 0 radical (unpaired) electrons. The predicted molar refractivity (Wildman–Crippen MR) is 95.1 cm³/mol. The van der Waals surface area contributed by atoms with Gasteiger partial charge in [-0.25, -0.2) is 8.78 Å². The van der Waals surface area contributed by atoms with Crippen LogP contribution in [0.5, 0.6) is 0 Å². The van der Waals surface area contributed by atoms with Crippen molar-refractivity contribution in [3.63, 3.8) is 0 Å². The first kappa shape index (κ1) is 22.2. The smallest absolute Gasteiger partial charge is 0.246 e. The van der Waals surface area contributed by atoms with E-state index in [0.717, 1.165) is 23.5 Å². The first-order valence-electron chi connectivity index (χ1n) is 8.77. The van der Waals surface area contributed by atoms with Crippen LogP contribution in [0.3, 0.4) is 0 Å². The summed E-state index contributed by atoms with van der Waals surface area (Å²) in [5.74, 6) is -2.54. The summed E-state index contributed by atoms with van der Waals surface area (Å²) in [5, 5.41) is 10.4. The second-order valence-electron chi connectivity index (χ2n) is 7.12. The number of amides is 2. The van der Waals surface area contributed by atoms with E-state index in [1.54, 1.807) is 6.92 Å². The molecule has 0 aliphatic rings. The summed E-state index contributed by atoms with van der Waals surface area (Å²) in [7, 11) is 0. The minimum atomic E-state index is -0.942. The lowest BCUT2D eigenvalue weighted by Crippen LogP contribution is -2.54. The summed E-state index contributed by atoms with van der Waals surface area (Å²) in [6.45, 7) is 7.02. The van der Waals surface area contributed by atoms with E-state index in [9.17, 15) is 23.5 Å². The molecule has 0 aromatic heterocycles. The Morgan fingerprint density at radius 2 is 1.62 bits per heavy atom. The summed E-state index contributed by atoms with van der Waals surface area (Å²) < 4.78 is 26.7. The highest BCUT2D eigenvalue weighted by Gasteiger charge is 2.32. The van der Waals surface area contributed by atoms with Crippen molar-refractivity contribution in [2.24, 2.45) is 11.7 Å². The van der Waals surface area contributed by atoms with Gasteiger partial charge in [-0.15, -0.1) is 0 Å². The number of nitrogens with two attached hydrogens (primary N) is 1. The van der Waals surface area contributed by atoms with Crippen molar-refractivity contribution in [1.29, 1.82) is 0 Å². The standard InChI is InChI=1S/C19H28F2N2O3/c1-11(2)5-6-17(24)13(4)23(19(26)12(3)22)18(25)9-14-7-15(20)10-16(21)8-14/h7-8,10-13,17,24H,5-6,9,22H2,1-4H3/t12-,13?,17?/m0/s1. The summed E-state index contributed by atoms with van der Waals surface area (Å²) >= 11 is 0. The van der Waals surface area contributed by atoms with Gasteiger partial charge in [0.05, 0.1) is 24.6 Å². The molecule has 7 heteroatoms. The molecular formula is C19H28F2N2O3. The highest BCUT2D eigenvalue weighted by Crippen LogP contribution is 2.17. The fourth-order valence-electron chi connectivity index (χ4n) is 2.66. The fourth-order valence-corrected chi connectivity index (χ4v) is 2.66. The summed E-state index contributed by atoms with van der Waals surface area (Å²) in [4.78, 5) is 26.0. The molecule has 0 fully saturated rings. The maximum absolute atomic E-state index is 13.3. The number of carbonyl (C=O) groups excluding carboxylic acids is 2. The number of benzene rings is 1. The van der Waals surface area contributed by atoms with E-state index < -0.39 is 41.6 Å². The molecular weight excluding hydrogens is 342 g/mol. The van der Waals surface area contributed by atoms with Gasteiger partial charge in [-0.05, 0) is 50.3 Å². The summed E-state index contributed by atoms with van der Waals surface area (Å²) in [5.41, 5.74) is 5.74. The molecule has 146 valence electrons. The molecule has 0 saturated heterocycles. The van der Waals surface area contributed by atoms with Gasteiger partial charge in [0.15, 0.2) is 0 Å². The Morgan fingerprint density at radius 1 is 1.08 bits per heavy atom. The van der Waals surface area contributed by atoms with Crippen LogP contribution in [0.25, 0.3) is 0 Å².